The molecule has 0 radical (unpaired) electrons. The molecule has 0 bridgehead atoms. The highest BCUT2D eigenvalue weighted by Crippen LogP contribution is 2.36. The molecule has 0 amide bonds. The minimum Gasteiger partial charge on any atom is -0.469 e. The van der Waals surface area contributed by atoms with Gasteiger partial charge in [-0.05, 0) is 24.3 Å². The third-order valence-electron chi connectivity index (χ3n) is 3.73. The number of rotatable bonds is 4. The summed E-state index contributed by atoms with van der Waals surface area (Å²) in [7, 11) is 1.34. The van der Waals surface area contributed by atoms with Crippen LogP contribution in [-0.2, 0) is 16.0 Å². The minimum absolute atomic E-state index is 0.0215. The van der Waals surface area contributed by atoms with Crippen LogP contribution in [0.25, 0.3) is 5.65 Å². The first-order valence-corrected chi connectivity index (χ1v) is 7.59. The molecular weight excluding hydrogens is 324 g/mol. The van der Waals surface area contributed by atoms with E-state index < -0.39 is 0 Å². The number of carbonyl (C=O) groups is 1. The number of fused-ring (bicyclic) bond motifs is 2. The number of ether oxygens (including phenoxy) is 3. The Morgan fingerprint density at radius 1 is 1.24 bits per heavy atom. The second-order valence-electron chi connectivity index (χ2n) is 5.30. The molecule has 0 atom stereocenters. The summed E-state index contributed by atoms with van der Waals surface area (Å²) >= 11 is 0. The van der Waals surface area contributed by atoms with Gasteiger partial charge in [-0.1, -0.05) is 6.07 Å². The van der Waals surface area contributed by atoms with Crippen LogP contribution in [0.4, 0.5) is 11.5 Å². The zero-order valence-corrected chi connectivity index (χ0v) is 13.4. The smallest absolute Gasteiger partial charge is 0.311 e. The summed E-state index contributed by atoms with van der Waals surface area (Å²) in [4.78, 5) is 16.1. The van der Waals surface area contributed by atoms with Gasteiger partial charge in [-0.25, -0.2) is 4.98 Å². The number of pyridine rings is 1. The minimum atomic E-state index is -0.386. The molecule has 0 saturated carbocycles. The molecule has 126 valence electrons. The van der Waals surface area contributed by atoms with Gasteiger partial charge in [0.2, 0.25) is 6.79 Å². The van der Waals surface area contributed by atoms with E-state index in [-0.39, 0.29) is 19.2 Å². The maximum Gasteiger partial charge on any atom is 0.311 e. The molecule has 0 spiro atoms. The van der Waals surface area contributed by atoms with Crippen LogP contribution in [0.1, 0.15) is 5.69 Å². The van der Waals surface area contributed by atoms with Crippen molar-refractivity contribution in [1.29, 1.82) is 0 Å². The molecular formula is C17H14N4O4. The Kier molecular flexibility index (Phi) is 3.77. The summed E-state index contributed by atoms with van der Waals surface area (Å²) in [6, 6.07) is 10.9. The number of imidazole rings is 1. The maximum absolute atomic E-state index is 11.6. The monoisotopic (exact) mass is 338 g/mol. The van der Waals surface area contributed by atoms with Crippen molar-refractivity contribution in [1.82, 2.24) is 9.38 Å². The second kappa shape index (κ2) is 6.23. The Bertz CT molecular complexity index is 980. The van der Waals surface area contributed by atoms with E-state index in [1.807, 2.05) is 24.4 Å². The van der Waals surface area contributed by atoms with Gasteiger partial charge in [0.05, 0.1) is 24.9 Å². The van der Waals surface area contributed by atoms with Crippen molar-refractivity contribution in [3.8, 4) is 11.5 Å². The molecule has 0 unspecified atom stereocenters. The molecule has 3 heterocycles. The number of azo groups is 1. The van der Waals surface area contributed by atoms with Gasteiger partial charge in [0, 0.05) is 12.3 Å². The van der Waals surface area contributed by atoms with Crippen LogP contribution in [0.2, 0.25) is 0 Å². The summed E-state index contributed by atoms with van der Waals surface area (Å²) in [5.74, 6) is 1.41. The number of benzene rings is 1. The second-order valence-corrected chi connectivity index (χ2v) is 5.30. The Hall–Kier alpha value is -3.42. The van der Waals surface area contributed by atoms with Crippen LogP contribution in [-0.4, -0.2) is 29.3 Å². The van der Waals surface area contributed by atoms with Crippen molar-refractivity contribution in [2.75, 3.05) is 13.9 Å². The van der Waals surface area contributed by atoms with Gasteiger partial charge >= 0.3 is 5.97 Å². The summed E-state index contributed by atoms with van der Waals surface area (Å²) in [5.41, 5.74) is 1.79. The molecule has 0 N–H and O–H groups in total. The number of methoxy groups -OCH3 is 1. The first-order valence-electron chi connectivity index (χ1n) is 7.59. The average molecular weight is 338 g/mol. The third kappa shape index (κ3) is 2.89. The number of carbonyl (C=O) groups excluding carboxylic acids is 1. The van der Waals surface area contributed by atoms with Crippen LogP contribution < -0.4 is 9.47 Å². The van der Waals surface area contributed by atoms with Crippen molar-refractivity contribution in [3.63, 3.8) is 0 Å². The van der Waals surface area contributed by atoms with Crippen LogP contribution in [0.5, 0.6) is 11.5 Å². The van der Waals surface area contributed by atoms with Crippen molar-refractivity contribution in [3.05, 3.63) is 48.3 Å². The highest BCUT2D eigenvalue weighted by molar-refractivity contribution is 5.74. The Balaban J connectivity index is 1.72. The Morgan fingerprint density at radius 3 is 3.00 bits per heavy atom. The lowest BCUT2D eigenvalue weighted by Crippen LogP contribution is -2.04. The van der Waals surface area contributed by atoms with Crippen molar-refractivity contribution in [2.45, 2.75) is 6.42 Å². The van der Waals surface area contributed by atoms with Gasteiger partial charge in [-0.2, -0.15) is 0 Å². The van der Waals surface area contributed by atoms with E-state index in [0.717, 1.165) is 0 Å². The van der Waals surface area contributed by atoms with E-state index in [4.69, 9.17) is 14.2 Å². The number of hydrogen-bond acceptors (Lipinski definition) is 7. The van der Waals surface area contributed by atoms with E-state index in [0.29, 0.717) is 34.3 Å². The van der Waals surface area contributed by atoms with Gasteiger partial charge in [0.15, 0.2) is 17.3 Å². The van der Waals surface area contributed by atoms with E-state index >= 15 is 0 Å². The molecule has 3 aromatic rings. The standard InChI is InChI=1S/C17H14N4O4/c1-23-16(22)9-12-17(21-7-3-2-4-15(21)18-12)20-19-11-5-6-13-14(8-11)25-10-24-13/h2-8H,9-10H2,1H3. The van der Waals surface area contributed by atoms with Gasteiger partial charge in [0.25, 0.3) is 0 Å². The summed E-state index contributed by atoms with van der Waals surface area (Å²) in [5, 5.41) is 8.55. The molecule has 1 aromatic carbocycles. The van der Waals surface area contributed by atoms with Gasteiger partial charge < -0.3 is 14.2 Å². The molecule has 2 aromatic heterocycles. The van der Waals surface area contributed by atoms with E-state index in [1.54, 1.807) is 22.6 Å². The van der Waals surface area contributed by atoms with Gasteiger partial charge in [-0.3, -0.25) is 9.20 Å². The van der Waals surface area contributed by atoms with Gasteiger partial charge in [0.1, 0.15) is 5.65 Å². The van der Waals surface area contributed by atoms with Crippen molar-refractivity contribution >= 4 is 23.1 Å². The van der Waals surface area contributed by atoms with E-state index in [2.05, 4.69) is 15.2 Å². The van der Waals surface area contributed by atoms with Crippen molar-refractivity contribution < 1.29 is 19.0 Å². The van der Waals surface area contributed by atoms with E-state index in [9.17, 15) is 4.79 Å². The number of esters is 1. The largest absolute Gasteiger partial charge is 0.469 e. The number of hydrogen-bond donors (Lipinski definition) is 0. The molecule has 8 heteroatoms. The normalized spacial score (nSPS) is 12.8. The molecule has 0 fully saturated rings. The summed E-state index contributed by atoms with van der Waals surface area (Å²) in [6.45, 7) is 0.201. The summed E-state index contributed by atoms with van der Waals surface area (Å²) in [6.07, 6.45) is 1.84. The average Bonchev–Trinajstić information content (AvgIpc) is 3.23. The molecule has 4 rings (SSSR count). The number of nitrogens with zero attached hydrogens (tertiary/aromatic N) is 4. The fraction of sp³-hybridized carbons (Fsp3) is 0.176. The lowest BCUT2D eigenvalue weighted by atomic mass is 10.3. The first kappa shape index (κ1) is 15.1. The fourth-order valence-electron chi connectivity index (χ4n) is 2.52. The number of aromatic nitrogens is 2. The molecule has 0 aliphatic carbocycles. The van der Waals surface area contributed by atoms with Crippen LogP contribution in [0, 0.1) is 0 Å². The highest BCUT2D eigenvalue weighted by atomic mass is 16.7. The van der Waals surface area contributed by atoms with Crippen LogP contribution >= 0.6 is 0 Å². The zero-order valence-electron chi connectivity index (χ0n) is 13.4. The fourth-order valence-corrected chi connectivity index (χ4v) is 2.52. The molecule has 0 saturated heterocycles. The zero-order chi connectivity index (χ0) is 17.2. The Labute approximate surface area is 142 Å². The van der Waals surface area contributed by atoms with Crippen LogP contribution in [0.3, 0.4) is 0 Å². The maximum atomic E-state index is 11.6. The van der Waals surface area contributed by atoms with E-state index in [1.165, 1.54) is 7.11 Å². The SMILES string of the molecule is COC(=O)Cc1nc2ccccn2c1N=Nc1ccc2c(c1)OCO2. The third-order valence-corrected chi connectivity index (χ3v) is 3.73. The molecule has 1 aliphatic heterocycles. The predicted molar refractivity (Wildman–Crippen MR) is 87.7 cm³/mol. The van der Waals surface area contributed by atoms with Gasteiger partial charge in [-0.15, -0.1) is 10.2 Å². The first-order chi connectivity index (χ1) is 12.2. The molecule has 25 heavy (non-hydrogen) atoms. The highest BCUT2D eigenvalue weighted by Gasteiger charge is 2.16. The summed E-state index contributed by atoms with van der Waals surface area (Å²) < 4.78 is 17.1. The molecule has 8 nitrogen and oxygen atoms in total. The Morgan fingerprint density at radius 2 is 2.12 bits per heavy atom. The van der Waals surface area contributed by atoms with Crippen molar-refractivity contribution in [2.24, 2.45) is 10.2 Å². The topological polar surface area (TPSA) is 86.8 Å². The predicted octanol–water partition coefficient (Wildman–Crippen LogP) is 3.19. The quantitative estimate of drug-likeness (QED) is 0.538. The van der Waals surface area contributed by atoms with Crippen LogP contribution in [0.15, 0.2) is 52.8 Å². The molecule has 1 aliphatic rings. The lowest BCUT2D eigenvalue weighted by molar-refractivity contribution is -0.139. The lowest BCUT2D eigenvalue weighted by Gasteiger charge is -1.99.